The van der Waals surface area contributed by atoms with Crippen LogP contribution in [0.1, 0.15) is 22.8 Å². The molecule has 10 heteroatoms. The number of piperazine rings is 1. The summed E-state index contributed by atoms with van der Waals surface area (Å²) in [6, 6.07) is 0. The molecule has 10 nitrogen and oxygen atoms in total. The number of amides is 2. The van der Waals surface area contributed by atoms with Gasteiger partial charge in [0.25, 0.3) is 11.7 Å². The number of hydrogen-bond donors (Lipinski definition) is 1. The van der Waals surface area contributed by atoms with Crippen molar-refractivity contribution in [2.24, 2.45) is 0 Å². The van der Waals surface area contributed by atoms with Gasteiger partial charge in [0.2, 0.25) is 18.1 Å². The standard InChI is InChI=1S/C18H18N6O4/c1-10-7-19-15(17-21-9-28-22-17)14-13(10)12(8-20-14)16(26)18(27)24-5-3-23(4-6-24)11(2)25/h7-9,20H,3-6H2,1-2H3. The summed E-state index contributed by atoms with van der Waals surface area (Å²) in [6.07, 6.45) is 4.31. The van der Waals surface area contributed by atoms with Crippen LogP contribution in [0.25, 0.3) is 22.4 Å². The Hall–Kier alpha value is -3.56. The molecule has 3 aromatic rings. The van der Waals surface area contributed by atoms with E-state index in [1.165, 1.54) is 24.4 Å². The van der Waals surface area contributed by atoms with E-state index in [-0.39, 0.29) is 17.3 Å². The quantitative estimate of drug-likeness (QED) is 0.524. The van der Waals surface area contributed by atoms with Gasteiger partial charge in [-0.3, -0.25) is 19.4 Å². The van der Waals surface area contributed by atoms with Crippen LogP contribution in [-0.4, -0.2) is 73.7 Å². The molecule has 0 atom stereocenters. The van der Waals surface area contributed by atoms with E-state index in [0.29, 0.717) is 42.8 Å². The molecule has 1 saturated heterocycles. The molecule has 3 aromatic heterocycles. The molecule has 144 valence electrons. The minimum atomic E-state index is -0.601. The van der Waals surface area contributed by atoms with E-state index in [2.05, 4.69) is 20.1 Å². The van der Waals surface area contributed by atoms with Crippen LogP contribution < -0.4 is 0 Å². The van der Waals surface area contributed by atoms with Gasteiger partial charge in [0.15, 0.2) is 0 Å². The van der Waals surface area contributed by atoms with E-state index < -0.39 is 11.7 Å². The van der Waals surface area contributed by atoms with Gasteiger partial charge in [-0.15, -0.1) is 0 Å². The maximum Gasteiger partial charge on any atom is 0.295 e. The molecule has 1 aliphatic heterocycles. The van der Waals surface area contributed by atoms with Gasteiger partial charge in [-0.05, 0) is 12.5 Å². The third kappa shape index (κ3) is 2.92. The first kappa shape index (κ1) is 17.8. The molecule has 28 heavy (non-hydrogen) atoms. The molecular formula is C18H18N6O4. The second kappa shape index (κ2) is 6.87. The first-order valence-electron chi connectivity index (χ1n) is 8.80. The summed E-state index contributed by atoms with van der Waals surface area (Å²) >= 11 is 0. The van der Waals surface area contributed by atoms with Gasteiger partial charge in [-0.1, -0.05) is 5.16 Å². The summed E-state index contributed by atoms with van der Waals surface area (Å²) in [4.78, 5) is 51.6. The third-order valence-corrected chi connectivity index (χ3v) is 4.92. The molecule has 4 heterocycles. The molecule has 1 N–H and O–H groups in total. The van der Waals surface area contributed by atoms with Gasteiger partial charge in [-0.2, -0.15) is 4.98 Å². The zero-order chi connectivity index (χ0) is 19.8. The summed E-state index contributed by atoms with van der Waals surface area (Å²) in [6.45, 7) is 4.82. The highest BCUT2D eigenvalue weighted by Gasteiger charge is 2.30. The summed E-state index contributed by atoms with van der Waals surface area (Å²) < 4.78 is 4.77. The Morgan fingerprint density at radius 2 is 1.82 bits per heavy atom. The first-order valence-corrected chi connectivity index (χ1v) is 8.80. The lowest BCUT2D eigenvalue weighted by Gasteiger charge is -2.33. The fraction of sp³-hybridized carbons (Fsp3) is 0.333. The van der Waals surface area contributed by atoms with Crippen molar-refractivity contribution in [2.45, 2.75) is 13.8 Å². The van der Waals surface area contributed by atoms with Gasteiger partial charge >= 0.3 is 0 Å². The Morgan fingerprint density at radius 3 is 2.46 bits per heavy atom. The fourth-order valence-corrected chi connectivity index (χ4v) is 3.42. The zero-order valence-electron chi connectivity index (χ0n) is 15.4. The Morgan fingerprint density at radius 1 is 1.11 bits per heavy atom. The number of aromatic amines is 1. The topological polar surface area (TPSA) is 125 Å². The first-order chi connectivity index (χ1) is 13.5. The van der Waals surface area contributed by atoms with E-state index in [9.17, 15) is 14.4 Å². The molecule has 1 fully saturated rings. The molecule has 0 radical (unpaired) electrons. The van der Waals surface area contributed by atoms with Crippen LogP contribution in [0.2, 0.25) is 0 Å². The normalized spacial score (nSPS) is 14.5. The third-order valence-electron chi connectivity index (χ3n) is 4.92. The number of aryl methyl sites for hydroxylation is 1. The predicted molar refractivity (Wildman–Crippen MR) is 97.3 cm³/mol. The SMILES string of the molecule is CC(=O)N1CCN(C(=O)C(=O)c2c[nH]c3c(-c4ncon4)ncc(C)c23)CC1. The van der Waals surface area contributed by atoms with Crippen LogP contribution in [0.5, 0.6) is 0 Å². The smallest absolute Gasteiger partial charge is 0.295 e. The Balaban J connectivity index is 1.64. The molecule has 0 aromatic carbocycles. The number of hydrogen-bond acceptors (Lipinski definition) is 7. The summed E-state index contributed by atoms with van der Waals surface area (Å²) in [5.41, 5.74) is 2.04. The van der Waals surface area contributed by atoms with Gasteiger partial charge in [-0.25, -0.2) is 0 Å². The van der Waals surface area contributed by atoms with Gasteiger partial charge in [0, 0.05) is 50.9 Å². The fourth-order valence-electron chi connectivity index (χ4n) is 3.42. The molecule has 0 saturated carbocycles. The lowest BCUT2D eigenvalue weighted by Crippen LogP contribution is -2.51. The Bertz CT molecular complexity index is 1060. The average Bonchev–Trinajstić information content (AvgIpc) is 3.38. The maximum atomic E-state index is 12.9. The lowest BCUT2D eigenvalue weighted by atomic mass is 10.0. The molecule has 0 bridgehead atoms. The number of H-pyrrole nitrogens is 1. The highest BCUT2D eigenvalue weighted by atomic mass is 16.5. The highest BCUT2D eigenvalue weighted by molar-refractivity contribution is 6.45. The minimum Gasteiger partial charge on any atom is -0.359 e. The number of Topliss-reactive ketones (excluding diaryl/α,β-unsaturated/α-hetero) is 1. The second-order valence-electron chi connectivity index (χ2n) is 6.62. The van der Waals surface area contributed by atoms with Crippen molar-refractivity contribution in [1.82, 2.24) is 29.9 Å². The van der Waals surface area contributed by atoms with Crippen molar-refractivity contribution in [1.29, 1.82) is 0 Å². The molecule has 2 amide bonds. The highest BCUT2D eigenvalue weighted by Crippen LogP contribution is 2.29. The van der Waals surface area contributed by atoms with E-state index in [1.807, 2.05) is 6.92 Å². The van der Waals surface area contributed by atoms with Crippen LogP contribution in [-0.2, 0) is 9.59 Å². The summed E-state index contributed by atoms with van der Waals surface area (Å²) in [5.74, 6) is -0.929. The zero-order valence-corrected chi connectivity index (χ0v) is 15.4. The van der Waals surface area contributed by atoms with Crippen LogP contribution in [0.4, 0.5) is 0 Å². The molecule has 4 rings (SSSR count). The Labute approximate surface area is 159 Å². The molecular weight excluding hydrogens is 364 g/mol. The van der Waals surface area contributed by atoms with Crippen LogP contribution in [0.3, 0.4) is 0 Å². The number of nitrogens with zero attached hydrogens (tertiary/aromatic N) is 5. The Kier molecular flexibility index (Phi) is 4.38. The lowest BCUT2D eigenvalue weighted by molar-refractivity contribution is -0.135. The van der Waals surface area contributed by atoms with Crippen molar-refractivity contribution in [3.63, 3.8) is 0 Å². The maximum absolute atomic E-state index is 12.9. The molecule has 0 unspecified atom stereocenters. The number of carbonyl (C=O) groups is 3. The average molecular weight is 382 g/mol. The number of aromatic nitrogens is 4. The van der Waals surface area contributed by atoms with Crippen molar-refractivity contribution >= 4 is 28.5 Å². The summed E-state index contributed by atoms with van der Waals surface area (Å²) in [5, 5.41) is 4.40. The number of carbonyl (C=O) groups excluding carboxylic acids is 3. The van der Waals surface area contributed by atoms with Crippen molar-refractivity contribution in [3.8, 4) is 11.5 Å². The van der Waals surface area contributed by atoms with Crippen LogP contribution >= 0.6 is 0 Å². The van der Waals surface area contributed by atoms with E-state index in [0.717, 1.165) is 5.56 Å². The molecule has 0 aliphatic carbocycles. The summed E-state index contributed by atoms with van der Waals surface area (Å²) in [7, 11) is 0. The molecule has 0 spiro atoms. The minimum absolute atomic E-state index is 0.0350. The van der Waals surface area contributed by atoms with Crippen molar-refractivity contribution in [2.75, 3.05) is 26.2 Å². The van der Waals surface area contributed by atoms with E-state index >= 15 is 0 Å². The van der Waals surface area contributed by atoms with E-state index in [1.54, 1.807) is 11.1 Å². The van der Waals surface area contributed by atoms with E-state index in [4.69, 9.17) is 4.52 Å². The van der Waals surface area contributed by atoms with Gasteiger partial charge < -0.3 is 19.3 Å². The number of pyridine rings is 1. The second-order valence-corrected chi connectivity index (χ2v) is 6.62. The molecule has 1 aliphatic rings. The van der Waals surface area contributed by atoms with Gasteiger partial charge in [0.05, 0.1) is 11.1 Å². The van der Waals surface area contributed by atoms with Crippen molar-refractivity contribution < 1.29 is 18.9 Å². The monoisotopic (exact) mass is 382 g/mol. The van der Waals surface area contributed by atoms with Crippen LogP contribution in [0.15, 0.2) is 23.3 Å². The largest absolute Gasteiger partial charge is 0.359 e. The number of nitrogens with one attached hydrogen (secondary N) is 1. The van der Waals surface area contributed by atoms with Crippen molar-refractivity contribution in [3.05, 3.63) is 29.9 Å². The number of fused-ring (bicyclic) bond motifs is 1. The number of ketones is 1. The predicted octanol–water partition coefficient (Wildman–Crippen LogP) is 0.795. The number of rotatable bonds is 3. The van der Waals surface area contributed by atoms with Gasteiger partial charge in [0.1, 0.15) is 5.69 Å². The van der Waals surface area contributed by atoms with Crippen LogP contribution in [0, 0.1) is 6.92 Å².